The number of thiocarbonyl (C=S) groups is 2. The lowest BCUT2D eigenvalue weighted by Gasteiger charge is -2.09. The Labute approximate surface area is 224 Å². The molecule has 0 radical (unpaired) electrons. The van der Waals surface area contributed by atoms with Gasteiger partial charge in [-0.2, -0.15) is 0 Å². The molecule has 0 bridgehead atoms. The van der Waals surface area contributed by atoms with Crippen molar-refractivity contribution in [3.05, 3.63) is 87.9 Å². The van der Waals surface area contributed by atoms with Crippen LogP contribution in [0.3, 0.4) is 0 Å². The fourth-order valence-electron chi connectivity index (χ4n) is 2.96. The average Bonchev–Trinajstić information content (AvgIpc) is 3.20. The first-order chi connectivity index (χ1) is 16.8. The number of fused-ring (bicyclic) bond motifs is 1. The molecular formula is C23H15Cl2N5O2S3. The van der Waals surface area contributed by atoms with Gasteiger partial charge in [0.2, 0.25) is 0 Å². The van der Waals surface area contributed by atoms with Crippen LogP contribution in [-0.4, -0.2) is 27.0 Å². The molecule has 1 aromatic heterocycles. The molecule has 3 aromatic carbocycles. The van der Waals surface area contributed by atoms with Crippen LogP contribution in [-0.2, 0) is 0 Å². The largest absolute Gasteiger partial charge is 0.332 e. The number of amides is 2. The molecule has 4 aromatic rings. The van der Waals surface area contributed by atoms with Crippen molar-refractivity contribution >= 4 is 102 Å². The van der Waals surface area contributed by atoms with E-state index in [-0.39, 0.29) is 22.0 Å². The van der Waals surface area contributed by atoms with Gasteiger partial charge in [0.15, 0.2) is 15.4 Å². The lowest BCUT2D eigenvalue weighted by atomic mass is 10.2. The summed E-state index contributed by atoms with van der Waals surface area (Å²) in [5.41, 5.74) is 2.18. The van der Waals surface area contributed by atoms with E-state index in [1.165, 1.54) is 11.3 Å². The highest BCUT2D eigenvalue weighted by Gasteiger charge is 2.12. The van der Waals surface area contributed by atoms with E-state index >= 15 is 0 Å². The third kappa shape index (κ3) is 6.71. The van der Waals surface area contributed by atoms with Crippen LogP contribution in [0.1, 0.15) is 20.7 Å². The molecule has 0 aliphatic rings. The molecule has 0 atom stereocenters. The smallest absolute Gasteiger partial charge is 0.257 e. The quantitative estimate of drug-likeness (QED) is 0.233. The van der Waals surface area contributed by atoms with Crippen molar-refractivity contribution in [2.24, 2.45) is 0 Å². The Hall–Kier alpha value is -3.15. The molecule has 12 heteroatoms. The first-order valence-corrected chi connectivity index (χ1v) is 12.3. The monoisotopic (exact) mass is 559 g/mol. The Morgan fingerprint density at radius 1 is 0.771 bits per heavy atom. The normalized spacial score (nSPS) is 10.5. The third-order valence-electron chi connectivity index (χ3n) is 4.49. The number of nitrogens with one attached hydrogen (secondary N) is 4. The van der Waals surface area contributed by atoms with Crippen molar-refractivity contribution < 1.29 is 9.59 Å². The van der Waals surface area contributed by atoms with E-state index in [0.717, 1.165) is 10.2 Å². The Bertz CT molecular complexity index is 1400. The number of hydrogen-bond donors (Lipinski definition) is 4. The van der Waals surface area contributed by atoms with Gasteiger partial charge in [-0.05, 0) is 79.0 Å². The number of carbonyl (C=O) groups is 2. The van der Waals surface area contributed by atoms with E-state index in [4.69, 9.17) is 47.6 Å². The zero-order valence-corrected chi connectivity index (χ0v) is 21.6. The van der Waals surface area contributed by atoms with Crippen LogP contribution in [0.4, 0.5) is 10.8 Å². The van der Waals surface area contributed by atoms with Crippen LogP contribution < -0.4 is 21.3 Å². The number of aromatic nitrogens is 1. The Morgan fingerprint density at radius 3 is 1.91 bits per heavy atom. The molecule has 0 unspecified atom stereocenters. The molecule has 0 saturated heterocycles. The van der Waals surface area contributed by atoms with Crippen molar-refractivity contribution in [2.75, 3.05) is 10.6 Å². The first kappa shape index (κ1) is 25.0. The molecule has 35 heavy (non-hydrogen) atoms. The van der Waals surface area contributed by atoms with Crippen LogP contribution in [0, 0.1) is 0 Å². The predicted octanol–water partition coefficient (Wildman–Crippen LogP) is 5.86. The zero-order valence-electron chi connectivity index (χ0n) is 17.6. The molecule has 1 heterocycles. The molecule has 0 aliphatic heterocycles. The van der Waals surface area contributed by atoms with E-state index in [0.29, 0.717) is 32.0 Å². The maximum Gasteiger partial charge on any atom is 0.257 e. The average molecular weight is 561 g/mol. The number of benzene rings is 3. The standard InChI is InChI=1S/C23H15Cl2N5O2S3/c24-14-5-1-3-12(9-14)19(31)28-21(33)26-16-7-8-17-18(11-16)35-23(27-17)30-22(34)29-20(32)13-4-2-6-15(25)10-13/h1-11H,(H2,26,28,31,33)(H2,27,29,30,32,34). The molecule has 0 saturated carbocycles. The van der Waals surface area contributed by atoms with E-state index in [2.05, 4.69) is 26.3 Å². The van der Waals surface area contributed by atoms with Crippen molar-refractivity contribution in [3.8, 4) is 0 Å². The highest BCUT2D eigenvalue weighted by molar-refractivity contribution is 7.80. The van der Waals surface area contributed by atoms with E-state index < -0.39 is 0 Å². The number of nitrogens with zero attached hydrogens (tertiary/aromatic N) is 1. The van der Waals surface area contributed by atoms with Crippen molar-refractivity contribution in [3.63, 3.8) is 0 Å². The summed E-state index contributed by atoms with van der Waals surface area (Å²) in [6.45, 7) is 0. The van der Waals surface area contributed by atoms with Gasteiger partial charge >= 0.3 is 0 Å². The summed E-state index contributed by atoms with van der Waals surface area (Å²) in [4.78, 5) is 29.1. The van der Waals surface area contributed by atoms with Crippen molar-refractivity contribution in [2.45, 2.75) is 0 Å². The van der Waals surface area contributed by atoms with Gasteiger partial charge in [0.05, 0.1) is 10.2 Å². The minimum absolute atomic E-state index is 0.109. The van der Waals surface area contributed by atoms with Crippen LogP contribution in [0.2, 0.25) is 10.0 Å². The number of rotatable bonds is 4. The molecule has 4 N–H and O–H groups in total. The minimum atomic E-state index is -0.383. The summed E-state index contributed by atoms with van der Waals surface area (Å²) in [7, 11) is 0. The summed E-state index contributed by atoms with van der Waals surface area (Å²) in [6, 6.07) is 18.5. The van der Waals surface area contributed by atoms with Gasteiger partial charge in [0.25, 0.3) is 11.8 Å². The summed E-state index contributed by atoms with van der Waals surface area (Å²) in [5, 5.41) is 12.8. The maximum absolute atomic E-state index is 12.3. The van der Waals surface area contributed by atoms with Gasteiger partial charge in [0.1, 0.15) is 0 Å². The van der Waals surface area contributed by atoms with Gasteiger partial charge in [-0.3, -0.25) is 20.2 Å². The second-order valence-corrected chi connectivity index (χ2v) is 9.76. The van der Waals surface area contributed by atoms with Crippen LogP contribution in [0.25, 0.3) is 10.2 Å². The van der Waals surface area contributed by atoms with Gasteiger partial charge in [-0.25, -0.2) is 4.98 Å². The number of hydrogen-bond acceptors (Lipinski definition) is 6. The third-order valence-corrected chi connectivity index (χ3v) is 6.31. The molecule has 176 valence electrons. The zero-order chi connectivity index (χ0) is 24.9. The lowest BCUT2D eigenvalue weighted by Crippen LogP contribution is -2.34. The molecule has 0 aliphatic carbocycles. The van der Waals surface area contributed by atoms with Crippen molar-refractivity contribution in [1.82, 2.24) is 15.6 Å². The number of carbonyl (C=O) groups excluding carboxylic acids is 2. The maximum atomic E-state index is 12.3. The number of anilines is 2. The van der Waals surface area contributed by atoms with Gasteiger partial charge in [-0.1, -0.05) is 46.7 Å². The van der Waals surface area contributed by atoms with Crippen molar-refractivity contribution in [1.29, 1.82) is 0 Å². The van der Waals surface area contributed by atoms with Gasteiger partial charge < -0.3 is 10.6 Å². The molecule has 7 nitrogen and oxygen atoms in total. The minimum Gasteiger partial charge on any atom is -0.332 e. The summed E-state index contributed by atoms with van der Waals surface area (Å²) >= 11 is 23.7. The highest BCUT2D eigenvalue weighted by Crippen LogP contribution is 2.28. The first-order valence-electron chi connectivity index (χ1n) is 9.93. The SMILES string of the molecule is O=C(NC(=S)Nc1ccc2nc(NC(=S)NC(=O)c3cccc(Cl)c3)sc2c1)c1cccc(Cl)c1. The molecule has 2 amide bonds. The van der Waals surface area contributed by atoms with Crippen LogP contribution in [0.5, 0.6) is 0 Å². The van der Waals surface area contributed by atoms with Gasteiger partial charge in [-0.15, -0.1) is 0 Å². The predicted molar refractivity (Wildman–Crippen MR) is 150 cm³/mol. The second-order valence-electron chi connectivity index (χ2n) is 7.04. The lowest BCUT2D eigenvalue weighted by molar-refractivity contribution is 0.0969. The molecule has 0 fully saturated rings. The fourth-order valence-corrected chi connectivity index (χ4v) is 4.71. The fraction of sp³-hybridized carbons (Fsp3) is 0. The second kappa shape index (κ2) is 11.1. The Morgan fingerprint density at radius 2 is 1.34 bits per heavy atom. The van der Waals surface area contributed by atoms with Crippen LogP contribution in [0.15, 0.2) is 66.7 Å². The Kier molecular flexibility index (Phi) is 7.89. The van der Waals surface area contributed by atoms with Gasteiger partial charge in [0, 0.05) is 26.9 Å². The highest BCUT2D eigenvalue weighted by atomic mass is 35.5. The molecular weight excluding hydrogens is 545 g/mol. The van der Waals surface area contributed by atoms with E-state index in [9.17, 15) is 9.59 Å². The summed E-state index contributed by atoms with van der Waals surface area (Å²) in [6.07, 6.45) is 0. The Balaban J connectivity index is 1.37. The topological polar surface area (TPSA) is 95.2 Å². The number of thiazole rings is 1. The van der Waals surface area contributed by atoms with E-state index in [1.807, 2.05) is 6.07 Å². The van der Waals surface area contributed by atoms with E-state index in [1.54, 1.807) is 60.7 Å². The summed E-state index contributed by atoms with van der Waals surface area (Å²) in [5.74, 6) is -0.755. The molecule has 0 spiro atoms. The summed E-state index contributed by atoms with van der Waals surface area (Å²) < 4.78 is 0.838. The van der Waals surface area contributed by atoms with Crippen LogP contribution >= 0.6 is 59.0 Å². The number of halogens is 2. The molecule has 4 rings (SSSR count).